The number of nitriles is 1. The van der Waals surface area contributed by atoms with Crippen LogP contribution in [-0.4, -0.2) is 64.8 Å². The van der Waals surface area contributed by atoms with Crippen molar-refractivity contribution >= 4 is 49.4 Å². The number of thiophene rings is 1. The fourth-order valence-electron chi connectivity index (χ4n) is 5.71. The van der Waals surface area contributed by atoms with E-state index in [-0.39, 0.29) is 50.6 Å². The van der Waals surface area contributed by atoms with Crippen molar-refractivity contribution in [1.82, 2.24) is 19.9 Å². The molecule has 0 radical (unpaired) electrons. The van der Waals surface area contributed by atoms with E-state index >= 15 is 8.78 Å². The summed E-state index contributed by atoms with van der Waals surface area (Å²) in [4.78, 5) is 30.4. The van der Waals surface area contributed by atoms with E-state index in [1.54, 1.807) is 27.0 Å². The molecule has 43 heavy (non-hydrogen) atoms. The molecule has 5 heterocycles. The van der Waals surface area contributed by atoms with E-state index in [1.807, 2.05) is 14.1 Å². The molecule has 2 aliphatic heterocycles. The number of aromatic nitrogens is 3. The van der Waals surface area contributed by atoms with Gasteiger partial charge in [-0.05, 0) is 58.8 Å². The molecule has 1 amide bonds. The summed E-state index contributed by atoms with van der Waals surface area (Å²) in [5, 5.41) is 13.4. The zero-order valence-electron chi connectivity index (χ0n) is 24.5. The number of nitrogens with one attached hydrogen (secondary N) is 1. The van der Waals surface area contributed by atoms with E-state index in [4.69, 9.17) is 14.5 Å². The number of hydrogen-bond donors (Lipinski definition) is 1. The predicted molar refractivity (Wildman–Crippen MR) is 160 cm³/mol. The average molecular weight is 608 g/mol. The van der Waals surface area contributed by atoms with E-state index in [1.165, 1.54) is 0 Å². The smallest absolute Gasteiger partial charge is 0.412 e. The Morgan fingerprint density at radius 2 is 2.00 bits per heavy atom. The Kier molecular flexibility index (Phi) is 7.40. The number of anilines is 2. The number of halogens is 2. The van der Waals surface area contributed by atoms with Crippen molar-refractivity contribution in [1.29, 1.82) is 5.26 Å². The molecule has 0 saturated carbocycles. The highest BCUT2D eigenvalue weighted by Crippen LogP contribution is 2.46. The second kappa shape index (κ2) is 10.9. The van der Waals surface area contributed by atoms with Crippen LogP contribution in [-0.2, 0) is 22.7 Å². The lowest BCUT2D eigenvalue weighted by molar-refractivity contribution is 0.0636. The third-order valence-corrected chi connectivity index (χ3v) is 8.84. The van der Waals surface area contributed by atoms with Crippen LogP contribution in [0.1, 0.15) is 50.3 Å². The lowest BCUT2D eigenvalue weighted by atomic mass is 9.94. The van der Waals surface area contributed by atoms with Gasteiger partial charge in [0.2, 0.25) is 5.95 Å². The fourth-order valence-corrected chi connectivity index (χ4v) is 6.75. The molecule has 224 valence electrons. The minimum absolute atomic E-state index is 0.0357. The SMILES string of the molecule is CN(C)C1CCCN(c2ncc3c4c(c(-c5ncc(F)c6sc(NC(=O)OC(C)(C)C)c(C#N)c56)c(F)c3n2)COC4)C1. The van der Waals surface area contributed by atoms with Crippen molar-refractivity contribution in [2.24, 2.45) is 0 Å². The average Bonchev–Trinajstić information content (AvgIpc) is 3.58. The number of piperidine rings is 1. The topological polar surface area (TPSA) is 116 Å². The summed E-state index contributed by atoms with van der Waals surface area (Å²) >= 11 is 0.865. The van der Waals surface area contributed by atoms with Gasteiger partial charge >= 0.3 is 6.09 Å². The van der Waals surface area contributed by atoms with Crippen molar-refractivity contribution in [3.05, 3.63) is 40.7 Å². The van der Waals surface area contributed by atoms with E-state index < -0.39 is 23.3 Å². The van der Waals surface area contributed by atoms with Gasteiger partial charge in [-0.15, -0.1) is 11.3 Å². The molecule has 2 aliphatic rings. The number of nitrogens with zero attached hydrogens (tertiary/aromatic N) is 6. The molecule has 13 heteroatoms. The Balaban J connectivity index is 1.53. The molecule has 0 aliphatic carbocycles. The predicted octanol–water partition coefficient (Wildman–Crippen LogP) is 5.96. The van der Waals surface area contributed by atoms with Gasteiger partial charge in [-0.3, -0.25) is 10.3 Å². The molecule has 1 aromatic carbocycles. The zero-order chi connectivity index (χ0) is 30.6. The molecule has 1 saturated heterocycles. The molecule has 1 atom stereocenters. The van der Waals surface area contributed by atoms with Crippen LogP contribution in [0.3, 0.4) is 0 Å². The third kappa shape index (κ3) is 5.24. The number of likely N-dealkylation sites (N-methyl/N-ethyl adjacent to an activating group) is 1. The Hall–Kier alpha value is -3.99. The zero-order valence-corrected chi connectivity index (χ0v) is 25.4. The summed E-state index contributed by atoms with van der Waals surface area (Å²) in [6, 6.07) is 2.38. The van der Waals surface area contributed by atoms with Crippen LogP contribution in [0.2, 0.25) is 0 Å². The van der Waals surface area contributed by atoms with Gasteiger partial charge in [0.25, 0.3) is 0 Å². The number of amides is 1. The van der Waals surface area contributed by atoms with E-state index in [9.17, 15) is 10.1 Å². The van der Waals surface area contributed by atoms with Crippen LogP contribution < -0.4 is 10.2 Å². The molecule has 4 aromatic rings. The molecule has 0 bridgehead atoms. The van der Waals surface area contributed by atoms with Gasteiger partial charge in [-0.1, -0.05) is 0 Å². The number of pyridine rings is 1. The number of fused-ring (bicyclic) bond motifs is 4. The van der Waals surface area contributed by atoms with Crippen LogP contribution >= 0.6 is 11.3 Å². The fraction of sp³-hybridized carbons (Fsp3) is 0.433. The molecule has 6 rings (SSSR count). The maximum atomic E-state index is 16.8. The van der Waals surface area contributed by atoms with Gasteiger partial charge in [0.05, 0.1) is 35.4 Å². The highest BCUT2D eigenvalue weighted by atomic mass is 32.1. The standard InChI is InChI=1S/C30H31F2N7O3S/c1-30(2,3)42-29(40)37-27-16(9-33)22-25(34-11-20(31)26(22)43-27)21-19-14-41-13-18(19)17-10-35-28(36-24(17)23(21)32)39-8-6-7-15(12-39)38(4)5/h10-11,15H,6-8,12-14H2,1-5H3,(H,37,40). The monoisotopic (exact) mass is 607 g/mol. The Morgan fingerprint density at radius 1 is 1.23 bits per heavy atom. The number of benzene rings is 1. The number of hydrogen-bond acceptors (Lipinski definition) is 10. The first-order chi connectivity index (χ1) is 20.5. The van der Waals surface area contributed by atoms with Crippen molar-refractivity contribution in [2.45, 2.75) is 58.5 Å². The minimum atomic E-state index is -0.796. The first-order valence-electron chi connectivity index (χ1n) is 14.0. The van der Waals surface area contributed by atoms with Crippen LogP contribution in [0.15, 0.2) is 12.4 Å². The molecular weight excluding hydrogens is 576 g/mol. The normalized spacial score (nSPS) is 17.0. The van der Waals surface area contributed by atoms with Gasteiger partial charge in [0.1, 0.15) is 22.2 Å². The quantitative estimate of drug-likeness (QED) is 0.300. The van der Waals surface area contributed by atoms with Crippen molar-refractivity contribution in [3.8, 4) is 17.3 Å². The van der Waals surface area contributed by atoms with Gasteiger partial charge in [-0.2, -0.15) is 5.26 Å². The summed E-state index contributed by atoms with van der Waals surface area (Å²) in [5.74, 6) is -0.921. The van der Waals surface area contributed by atoms with Gasteiger partial charge in [0, 0.05) is 41.7 Å². The molecule has 1 unspecified atom stereocenters. The van der Waals surface area contributed by atoms with E-state index in [0.29, 0.717) is 22.9 Å². The second-order valence-corrected chi connectivity index (χ2v) is 13.0. The minimum Gasteiger partial charge on any atom is -0.444 e. The third-order valence-electron chi connectivity index (χ3n) is 7.73. The number of ether oxygens (including phenoxy) is 2. The number of rotatable bonds is 4. The van der Waals surface area contributed by atoms with Crippen molar-refractivity contribution in [2.75, 3.05) is 37.4 Å². The number of carbonyl (C=O) groups excluding carboxylic acids is 1. The first-order valence-corrected chi connectivity index (χ1v) is 14.8. The van der Waals surface area contributed by atoms with Crippen molar-refractivity contribution in [3.63, 3.8) is 0 Å². The maximum absolute atomic E-state index is 16.8. The molecule has 0 spiro atoms. The van der Waals surface area contributed by atoms with Crippen LogP contribution in [0.25, 0.3) is 32.2 Å². The van der Waals surface area contributed by atoms with E-state index in [0.717, 1.165) is 49.0 Å². The van der Waals surface area contributed by atoms with Crippen LogP contribution in [0.5, 0.6) is 0 Å². The Bertz CT molecular complexity index is 1810. The molecule has 10 nitrogen and oxygen atoms in total. The van der Waals surface area contributed by atoms with Crippen molar-refractivity contribution < 1.29 is 23.0 Å². The molecule has 3 aromatic heterocycles. The second-order valence-electron chi connectivity index (χ2n) is 12.0. The summed E-state index contributed by atoms with van der Waals surface area (Å²) in [7, 11) is 4.07. The molecular formula is C30H31F2N7O3S. The Labute approximate surface area is 251 Å². The van der Waals surface area contributed by atoms with Crippen LogP contribution in [0.4, 0.5) is 24.5 Å². The van der Waals surface area contributed by atoms with Gasteiger partial charge < -0.3 is 19.3 Å². The first kappa shape index (κ1) is 29.1. The highest BCUT2D eigenvalue weighted by molar-refractivity contribution is 7.23. The summed E-state index contributed by atoms with van der Waals surface area (Å²) in [6.45, 7) is 6.91. The van der Waals surface area contributed by atoms with Gasteiger partial charge in [-0.25, -0.2) is 23.5 Å². The van der Waals surface area contributed by atoms with E-state index in [2.05, 4.69) is 31.2 Å². The molecule has 1 fully saturated rings. The summed E-state index contributed by atoms with van der Waals surface area (Å²) < 4.78 is 43.0. The maximum Gasteiger partial charge on any atom is 0.412 e. The number of carbonyl (C=O) groups is 1. The van der Waals surface area contributed by atoms with Crippen LogP contribution in [0, 0.1) is 23.0 Å². The summed E-state index contributed by atoms with van der Waals surface area (Å²) in [6.07, 6.45) is 3.86. The molecule has 1 N–H and O–H groups in total. The largest absolute Gasteiger partial charge is 0.444 e. The Morgan fingerprint density at radius 3 is 2.72 bits per heavy atom. The van der Waals surface area contributed by atoms with Gasteiger partial charge in [0.15, 0.2) is 11.6 Å². The summed E-state index contributed by atoms with van der Waals surface area (Å²) in [5.41, 5.74) is 0.726. The lowest BCUT2D eigenvalue weighted by Crippen LogP contribution is -2.45. The highest BCUT2D eigenvalue weighted by Gasteiger charge is 2.32. The lowest BCUT2D eigenvalue weighted by Gasteiger charge is -2.36.